The van der Waals surface area contributed by atoms with E-state index in [-0.39, 0.29) is 5.91 Å². The summed E-state index contributed by atoms with van der Waals surface area (Å²) < 4.78 is 5.31. The van der Waals surface area contributed by atoms with Crippen LogP contribution in [0.3, 0.4) is 0 Å². The molecule has 1 N–H and O–H groups in total. The predicted molar refractivity (Wildman–Crippen MR) is 83.3 cm³/mol. The van der Waals surface area contributed by atoms with Gasteiger partial charge in [-0.15, -0.1) is 0 Å². The summed E-state index contributed by atoms with van der Waals surface area (Å²) in [5, 5.41) is 5.08. The molecule has 0 unspecified atom stereocenters. The van der Waals surface area contributed by atoms with Gasteiger partial charge in [0.05, 0.1) is 0 Å². The third-order valence-corrected chi connectivity index (χ3v) is 3.68. The molecule has 1 amide bonds. The minimum Gasteiger partial charge on any atom is -0.351 e. The maximum Gasteiger partial charge on any atom is 0.274 e. The van der Waals surface area contributed by atoms with Gasteiger partial charge in [-0.05, 0) is 25.1 Å². The lowest BCUT2D eigenvalue weighted by Gasteiger charge is -2.12. The van der Waals surface area contributed by atoms with Gasteiger partial charge in [0.1, 0.15) is 5.69 Å². The van der Waals surface area contributed by atoms with Gasteiger partial charge in [0.25, 0.3) is 5.89 Å². The van der Waals surface area contributed by atoms with E-state index >= 15 is 0 Å². The van der Waals surface area contributed by atoms with Crippen LogP contribution >= 0.6 is 0 Å². The van der Waals surface area contributed by atoms with E-state index in [1.807, 2.05) is 12.1 Å². The first-order chi connectivity index (χ1) is 10.5. The van der Waals surface area contributed by atoms with Crippen LogP contribution in [0.5, 0.6) is 0 Å². The van der Waals surface area contributed by atoms with Crippen molar-refractivity contribution in [1.82, 2.24) is 20.0 Å². The third kappa shape index (κ3) is 2.86. The molecule has 114 valence electrons. The molecule has 6 heteroatoms. The second kappa shape index (κ2) is 5.63. The van der Waals surface area contributed by atoms with Gasteiger partial charge in [0, 0.05) is 37.8 Å². The van der Waals surface area contributed by atoms with Gasteiger partial charge in [0.15, 0.2) is 5.82 Å². The Bertz CT molecular complexity index is 819. The molecular formula is C16H18N4O2. The summed E-state index contributed by atoms with van der Waals surface area (Å²) in [5.74, 6) is 1.09. The van der Waals surface area contributed by atoms with Crippen LogP contribution in [0.2, 0.25) is 0 Å². The highest BCUT2D eigenvalue weighted by Crippen LogP contribution is 2.23. The van der Waals surface area contributed by atoms with Crippen LogP contribution in [-0.2, 0) is 11.2 Å². The zero-order valence-corrected chi connectivity index (χ0v) is 12.9. The van der Waals surface area contributed by atoms with Crippen molar-refractivity contribution in [2.75, 3.05) is 13.6 Å². The largest absolute Gasteiger partial charge is 0.351 e. The summed E-state index contributed by atoms with van der Waals surface area (Å²) in [7, 11) is 1.75. The number of nitrogens with zero attached hydrogens (tertiary/aromatic N) is 3. The molecule has 22 heavy (non-hydrogen) atoms. The van der Waals surface area contributed by atoms with E-state index in [9.17, 15) is 4.79 Å². The molecule has 0 saturated heterocycles. The maximum absolute atomic E-state index is 11.2. The summed E-state index contributed by atoms with van der Waals surface area (Å²) in [6.07, 6.45) is 0.568. The lowest BCUT2D eigenvalue weighted by Crippen LogP contribution is -2.26. The molecule has 3 aromatic rings. The Labute approximate surface area is 128 Å². The lowest BCUT2D eigenvalue weighted by atomic mass is 10.2. The standard InChI is InChI=1S/C16H18N4O2/c1-10-4-5-13-12(8-10)9-14(17-13)16-18-15(19-22-16)6-7-20(3)11(2)21/h4-5,8-9,17H,6-7H2,1-3H3. The van der Waals surface area contributed by atoms with E-state index in [1.165, 1.54) is 12.5 Å². The van der Waals surface area contributed by atoms with E-state index in [2.05, 4.69) is 34.2 Å². The molecule has 0 fully saturated rings. The number of hydrogen-bond donors (Lipinski definition) is 1. The minimum atomic E-state index is 0.0229. The lowest BCUT2D eigenvalue weighted by molar-refractivity contribution is -0.127. The highest BCUT2D eigenvalue weighted by molar-refractivity contribution is 5.85. The number of likely N-dealkylation sites (N-methyl/N-ethyl adjacent to an activating group) is 1. The molecule has 0 spiro atoms. The van der Waals surface area contributed by atoms with Crippen LogP contribution in [0.25, 0.3) is 22.5 Å². The number of amides is 1. The number of carbonyl (C=O) groups is 1. The molecule has 0 saturated carbocycles. The zero-order chi connectivity index (χ0) is 15.7. The van der Waals surface area contributed by atoms with Crippen molar-refractivity contribution in [3.63, 3.8) is 0 Å². The second-order valence-electron chi connectivity index (χ2n) is 5.48. The zero-order valence-electron chi connectivity index (χ0n) is 12.9. The Morgan fingerprint density at radius 1 is 1.36 bits per heavy atom. The van der Waals surface area contributed by atoms with Crippen molar-refractivity contribution in [2.45, 2.75) is 20.3 Å². The van der Waals surface area contributed by atoms with Crippen LogP contribution in [0, 0.1) is 6.92 Å². The van der Waals surface area contributed by atoms with Crippen molar-refractivity contribution in [3.05, 3.63) is 35.7 Å². The van der Waals surface area contributed by atoms with Crippen molar-refractivity contribution >= 4 is 16.8 Å². The fourth-order valence-electron chi connectivity index (χ4n) is 2.26. The number of rotatable bonds is 4. The first-order valence-electron chi connectivity index (χ1n) is 7.17. The molecule has 3 rings (SSSR count). The van der Waals surface area contributed by atoms with Gasteiger partial charge in [0.2, 0.25) is 5.91 Å². The van der Waals surface area contributed by atoms with Crippen molar-refractivity contribution in [1.29, 1.82) is 0 Å². The summed E-state index contributed by atoms with van der Waals surface area (Å²) in [5.41, 5.74) is 3.05. The fraction of sp³-hybridized carbons (Fsp3) is 0.312. The van der Waals surface area contributed by atoms with Gasteiger partial charge >= 0.3 is 0 Å². The van der Waals surface area contributed by atoms with Crippen molar-refractivity contribution in [3.8, 4) is 11.6 Å². The van der Waals surface area contributed by atoms with Gasteiger partial charge in [-0.2, -0.15) is 4.98 Å². The smallest absolute Gasteiger partial charge is 0.274 e. The van der Waals surface area contributed by atoms with Gasteiger partial charge in [-0.3, -0.25) is 4.79 Å². The Balaban J connectivity index is 1.78. The average Bonchev–Trinajstić information content (AvgIpc) is 3.10. The quantitative estimate of drug-likeness (QED) is 0.803. The highest BCUT2D eigenvalue weighted by atomic mass is 16.5. The maximum atomic E-state index is 11.2. The molecule has 0 aliphatic carbocycles. The van der Waals surface area contributed by atoms with Crippen molar-refractivity contribution in [2.24, 2.45) is 0 Å². The SMILES string of the molecule is CC(=O)N(C)CCc1noc(-c2cc3cc(C)ccc3[nH]2)n1. The van der Waals surface area contributed by atoms with Gasteiger partial charge in [-0.25, -0.2) is 0 Å². The van der Waals surface area contributed by atoms with E-state index in [0.717, 1.165) is 16.6 Å². The summed E-state index contributed by atoms with van der Waals surface area (Å²) in [6, 6.07) is 8.20. The van der Waals surface area contributed by atoms with E-state index < -0.39 is 0 Å². The molecular weight excluding hydrogens is 280 g/mol. The number of benzene rings is 1. The normalized spacial score (nSPS) is 11.0. The molecule has 2 heterocycles. The van der Waals surface area contributed by atoms with Crippen LogP contribution in [0.1, 0.15) is 18.3 Å². The molecule has 0 radical (unpaired) electrons. The number of aromatic nitrogens is 3. The molecule has 0 atom stereocenters. The first kappa shape index (κ1) is 14.3. The summed E-state index contributed by atoms with van der Waals surface area (Å²) >= 11 is 0. The molecule has 6 nitrogen and oxygen atoms in total. The molecule has 0 aliphatic heterocycles. The van der Waals surface area contributed by atoms with Crippen LogP contribution in [0.4, 0.5) is 0 Å². The Morgan fingerprint density at radius 2 is 2.18 bits per heavy atom. The number of carbonyl (C=O) groups excluding carboxylic acids is 1. The average molecular weight is 298 g/mol. The summed E-state index contributed by atoms with van der Waals surface area (Å²) in [4.78, 5) is 20.5. The van der Waals surface area contributed by atoms with E-state index in [1.54, 1.807) is 11.9 Å². The van der Waals surface area contributed by atoms with Crippen LogP contribution in [-0.4, -0.2) is 39.5 Å². The monoisotopic (exact) mass is 298 g/mol. The molecule has 2 aromatic heterocycles. The Kier molecular flexibility index (Phi) is 3.66. The fourth-order valence-corrected chi connectivity index (χ4v) is 2.26. The second-order valence-corrected chi connectivity index (χ2v) is 5.48. The number of fused-ring (bicyclic) bond motifs is 1. The Morgan fingerprint density at radius 3 is 2.95 bits per heavy atom. The molecule has 1 aromatic carbocycles. The topological polar surface area (TPSA) is 75.0 Å². The molecule has 0 bridgehead atoms. The number of aryl methyl sites for hydroxylation is 1. The number of aromatic amines is 1. The van der Waals surface area contributed by atoms with E-state index in [4.69, 9.17) is 4.52 Å². The number of nitrogens with one attached hydrogen (secondary N) is 1. The minimum absolute atomic E-state index is 0.0229. The highest BCUT2D eigenvalue weighted by Gasteiger charge is 2.12. The van der Waals surface area contributed by atoms with Gasteiger partial charge in [-0.1, -0.05) is 16.8 Å². The first-order valence-corrected chi connectivity index (χ1v) is 7.17. The van der Waals surface area contributed by atoms with Gasteiger partial charge < -0.3 is 14.4 Å². The third-order valence-electron chi connectivity index (χ3n) is 3.68. The van der Waals surface area contributed by atoms with Crippen LogP contribution in [0.15, 0.2) is 28.8 Å². The molecule has 0 aliphatic rings. The summed E-state index contributed by atoms with van der Waals surface area (Å²) in [6.45, 7) is 4.16. The van der Waals surface area contributed by atoms with Crippen LogP contribution < -0.4 is 0 Å². The Hall–Kier alpha value is -2.63. The number of hydrogen-bond acceptors (Lipinski definition) is 4. The predicted octanol–water partition coefficient (Wildman–Crippen LogP) is 2.55. The van der Waals surface area contributed by atoms with E-state index in [0.29, 0.717) is 24.7 Å². The number of H-pyrrole nitrogens is 1. The van der Waals surface area contributed by atoms with Crippen molar-refractivity contribution < 1.29 is 9.32 Å².